The van der Waals surface area contributed by atoms with Crippen LogP contribution >= 0.6 is 0 Å². The van der Waals surface area contributed by atoms with Gasteiger partial charge in [-0.2, -0.15) is 5.10 Å². The molecule has 0 saturated carbocycles. The van der Waals surface area contributed by atoms with Gasteiger partial charge in [0.1, 0.15) is 11.5 Å². The fourth-order valence-electron chi connectivity index (χ4n) is 3.11. The molecule has 8 nitrogen and oxygen atoms in total. The van der Waals surface area contributed by atoms with Crippen molar-refractivity contribution in [2.45, 2.75) is 26.7 Å². The number of carbonyl (C=O) groups excluding carboxylic acids is 2. The first-order valence-corrected chi connectivity index (χ1v) is 11.7. The van der Waals surface area contributed by atoms with E-state index in [0.29, 0.717) is 41.4 Å². The van der Waals surface area contributed by atoms with Crippen molar-refractivity contribution >= 4 is 18.1 Å². The van der Waals surface area contributed by atoms with Crippen molar-refractivity contribution in [2.24, 2.45) is 5.10 Å². The summed E-state index contributed by atoms with van der Waals surface area (Å²) in [5.74, 6) is 1.16. The average Bonchev–Trinajstić information content (AvgIpc) is 2.90. The summed E-state index contributed by atoms with van der Waals surface area (Å²) in [6, 6.07) is 18.5. The number of benzene rings is 3. The quantitative estimate of drug-likeness (QED) is 0.122. The largest absolute Gasteiger partial charge is 0.497 e. The van der Waals surface area contributed by atoms with E-state index in [1.807, 2.05) is 6.92 Å². The second-order valence-corrected chi connectivity index (χ2v) is 7.68. The van der Waals surface area contributed by atoms with Crippen LogP contribution in [0.25, 0.3) is 0 Å². The number of ether oxygens (including phenoxy) is 4. The topological polar surface area (TPSA) is 95.5 Å². The predicted molar refractivity (Wildman–Crippen MR) is 137 cm³/mol. The Labute approximate surface area is 210 Å². The van der Waals surface area contributed by atoms with Crippen molar-refractivity contribution in [2.75, 3.05) is 20.3 Å². The molecule has 188 valence electrons. The van der Waals surface area contributed by atoms with Gasteiger partial charge in [0.15, 0.2) is 11.5 Å². The van der Waals surface area contributed by atoms with E-state index in [-0.39, 0.29) is 11.7 Å². The number of rotatable bonds is 12. The number of esters is 1. The first-order chi connectivity index (χ1) is 17.5. The van der Waals surface area contributed by atoms with Crippen LogP contribution < -0.4 is 24.4 Å². The summed E-state index contributed by atoms with van der Waals surface area (Å²) in [6.45, 7) is 4.95. The highest BCUT2D eigenvalue weighted by atomic mass is 16.6. The molecule has 3 aromatic rings. The van der Waals surface area contributed by atoms with E-state index in [9.17, 15) is 9.59 Å². The highest BCUT2D eigenvalue weighted by Gasteiger charge is 2.13. The monoisotopic (exact) mass is 490 g/mol. The molecule has 0 unspecified atom stereocenters. The minimum atomic E-state index is -0.519. The SMILES string of the molecule is CCCCOc1ccc(C(=O)N/N=C\c2ccc(OC(=O)c3ccc(OC)cc3)c(OCC)c2)cc1. The van der Waals surface area contributed by atoms with Crippen LogP contribution in [0.5, 0.6) is 23.0 Å². The fraction of sp³-hybridized carbons (Fsp3) is 0.250. The highest BCUT2D eigenvalue weighted by Crippen LogP contribution is 2.29. The molecule has 0 atom stereocenters. The number of unbranched alkanes of at least 4 members (excludes halogenated alkanes) is 1. The van der Waals surface area contributed by atoms with Crippen molar-refractivity contribution in [3.8, 4) is 23.0 Å². The Balaban J connectivity index is 1.61. The third-order valence-corrected chi connectivity index (χ3v) is 5.06. The molecule has 0 heterocycles. The summed E-state index contributed by atoms with van der Waals surface area (Å²) >= 11 is 0. The number of nitrogens with zero attached hydrogens (tertiary/aromatic N) is 1. The van der Waals surface area contributed by atoms with Gasteiger partial charge in [-0.05, 0) is 85.6 Å². The third-order valence-electron chi connectivity index (χ3n) is 5.06. The lowest BCUT2D eigenvalue weighted by atomic mass is 10.2. The zero-order valence-electron chi connectivity index (χ0n) is 20.7. The molecule has 0 radical (unpaired) electrons. The molecule has 0 bridgehead atoms. The van der Waals surface area contributed by atoms with E-state index in [4.69, 9.17) is 18.9 Å². The minimum absolute atomic E-state index is 0.278. The van der Waals surface area contributed by atoms with Gasteiger partial charge < -0.3 is 18.9 Å². The molecule has 8 heteroatoms. The molecule has 0 aromatic heterocycles. The van der Waals surface area contributed by atoms with Crippen LogP contribution in [0.15, 0.2) is 71.8 Å². The molecule has 36 heavy (non-hydrogen) atoms. The molecular formula is C28H30N2O6. The maximum Gasteiger partial charge on any atom is 0.343 e. The number of hydrazone groups is 1. The molecule has 0 aliphatic carbocycles. The van der Waals surface area contributed by atoms with Gasteiger partial charge in [0.05, 0.1) is 32.1 Å². The Bertz CT molecular complexity index is 1170. The summed E-state index contributed by atoms with van der Waals surface area (Å²) in [5.41, 5.74) is 4.00. The van der Waals surface area contributed by atoms with Gasteiger partial charge in [-0.3, -0.25) is 4.79 Å². The molecule has 0 aliphatic heterocycles. The van der Waals surface area contributed by atoms with E-state index in [1.165, 1.54) is 6.21 Å². The second kappa shape index (κ2) is 13.5. The van der Waals surface area contributed by atoms with Gasteiger partial charge in [0.2, 0.25) is 0 Å². The number of nitrogens with one attached hydrogen (secondary N) is 1. The Morgan fingerprint density at radius 1 is 0.861 bits per heavy atom. The smallest absolute Gasteiger partial charge is 0.343 e. The lowest BCUT2D eigenvalue weighted by molar-refractivity contribution is 0.0728. The van der Waals surface area contributed by atoms with Crippen LogP contribution in [0.1, 0.15) is 53.0 Å². The van der Waals surface area contributed by atoms with Gasteiger partial charge in [-0.1, -0.05) is 13.3 Å². The van der Waals surface area contributed by atoms with E-state index < -0.39 is 5.97 Å². The average molecular weight is 491 g/mol. The van der Waals surface area contributed by atoms with E-state index in [2.05, 4.69) is 17.5 Å². The summed E-state index contributed by atoms with van der Waals surface area (Å²) in [4.78, 5) is 24.9. The maximum absolute atomic E-state index is 12.5. The van der Waals surface area contributed by atoms with Gasteiger partial charge >= 0.3 is 5.97 Å². The second-order valence-electron chi connectivity index (χ2n) is 7.68. The third kappa shape index (κ3) is 7.59. The molecular weight excluding hydrogens is 460 g/mol. The van der Waals surface area contributed by atoms with Gasteiger partial charge in [0, 0.05) is 5.56 Å². The fourth-order valence-corrected chi connectivity index (χ4v) is 3.11. The molecule has 0 aliphatic rings. The number of amides is 1. The normalized spacial score (nSPS) is 10.6. The van der Waals surface area contributed by atoms with Crippen molar-refractivity contribution in [3.05, 3.63) is 83.4 Å². The van der Waals surface area contributed by atoms with Crippen LogP contribution in [0.2, 0.25) is 0 Å². The minimum Gasteiger partial charge on any atom is -0.497 e. The Kier molecular flexibility index (Phi) is 9.88. The number of carbonyl (C=O) groups is 2. The summed E-state index contributed by atoms with van der Waals surface area (Å²) in [7, 11) is 1.56. The molecule has 3 rings (SSSR count). The van der Waals surface area contributed by atoms with Gasteiger partial charge in [0.25, 0.3) is 5.91 Å². The highest BCUT2D eigenvalue weighted by molar-refractivity contribution is 5.95. The Morgan fingerprint density at radius 3 is 2.22 bits per heavy atom. The molecule has 3 aromatic carbocycles. The molecule has 0 fully saturated rings. The van der Waals surface area contributed by atoms with Gasteiger partial charge in [-0.15, -0.1) is 0 Å². The van der Waals surface area contributed by atoms with Crippen LogP contribution in [0.4, 0.5) is 0 Å². The lowest BCUT2D eigenvalue weighted by Crippen LogP contribution is -2.17. The number of methoxy groups -OCH3 is 1. The summed E-state index contributed by atoms with van der Waals surface area (Å²) < 4.78 is 21.9. The van der Waals surface area contributed by atoms with Crippen molar-refractivity contribution in [1.29, 1.82) is 0 Å². The Morgan fingerprint density at radius 2 is 1.56 bits per heavy atom. The maximum atomic E-state index is 12.5. The first-order valence-electron chi connectivity index (χ1n) is 11.7. The molecule has 1 N–H and O–H groups in total. The van der Waals surface area contributed by atoms with Crippen molar-refractivity contribution in [1.82, 2.24) is 5.43 Å². The Hall–Kier alpha value is -4.33. The van der Waals surface area contributed by atoms with Crippen molar-refractivity contribution in [3.63, 3.8) is 0 Å². The van der Waals surface area contributed by atoms with Crippen LogP contribution in [0, 0.1) is 0 Å². The zero-order valence-corrected chi connectivity index (χ0v) is 20.7. The van der Waals surface area contributed by atoms with E-state index in [1.54, 1.807) is 73.8 Å². The standard InChI is InChI=1S/C28H30N2O6/c1-4-6-17-35-24-14-8-21(9-15-24)27(31)30-29-19-20-7-16-25(26(18-20)34-5-2)36-28(32)22-10-12-23(33-3)13-11-22/h7-16,18-19H,4-6,17H2,1-3H3,(H,30,31)/b29-19-. The summed E-state index contributed by atoms with van der Waals surface area (Å²) in [6.07, 6.45) is 3.52. The van der Waals surface area contributed by atoms with Crippen LogP contribution in [-0.2, 0) is 0 Å². The zero-order chi connectivity index (χ0) is 25.8. The molecule has 0 saturated heterocycles. The molecule has 1 amide bonds. The number of hydrogen-bond acceptors (Lipinski definition) is 7. The van der Waals surface area contributed by atoms with Crippen LogP contribution in [-0.4, -0.2) is 38.4 Å². The van der Waals surface area contributed by atoms with E-state index >= 15 is 0 Å². The predicted octanol–water partition coefficient (Wildman–Crippen LogP) is 5.26. The lowest BCUT2D eigenvalue weighted by Gasteiger charge is -2.11. The van der Waals surface area contributed by atoms with Crippen molar-refractivity contribution < 1.29 is 28.5 Å². The van der Waals surface area contributed by atoms with Crippen LogP contribution in [0.3, 0.4) is 0 Å². The molecule has 0 spiro atoms. The number of hydrogen-bond donors (Lipinski definition) is 1. The van der Waals surface area contributed by atoms with Gasteiger partial charge in [-0.25, -0.2) is 10.2 Å². The first kappa shape index (κ1) is 26.3. The van der Waals surface area contributed by atoms with E-state index in [0.717, 1.165) is 18.6 Å². The summed E-state index contributed by atoms with van der Waals surface area (Å²) in [5, 5.41) is 4.03.